The van der Waals surface area contributed by atoms with Gasteiger partial charge in [-0.05, 0) is 61.7 Å². The zero-order valence-corrected chi connectivity index (χ0v) is 18.0. The molecular weight excluding hydrogens is 420 g/mol. The van der Waals surface area contributed by atoms with Gasteiger partial charge < -0.3 is 9.26 Å². The van der Waals surface area contributed by atoms with Crippen molar-refractivity contribution in [1.82, 2.24) is 21.0 Å². The maximum absolute atomic E-state index is 12.2. The Balaban J connectivity index is 1.39. The first-order valence-corrected chi connectivity index (χ1v) is 10.1. The highest BCUT2D eigenvalue weighted by Crippen LogP contribution is 2.21. The number of hydrogen-bond donors (Lipinski definition) is 2. The number of aromatic nitrogens is 2. The molecule has 1 heterocycles. The smallest absolute Gasteiger partial charge is 0.269 e. The van der Waals surface area contributed by atoms with Gasteiger partial charge in [-0.15, -0.1) is 0 Å². The van der Waals surface area contributed by atoms with Gasteiger partial charge in [-0.25, -0.2) is 0 Å². The molecule has 0 unspecified atom stereocenters. The number of nitrogens with zero attached hydrogens (tertiary/aromatic N) is 2. The van der Waals surface area contributed by atoms with E-state index >= 15 is 0 Å². The molecular formula is C22H23ClN4O4. The number of aryl methyl sites for hydroxylation is 3. The van der Waals surface area contributed by atoms with Crippen LogP contribution in [0.4, 0.5) is 0 Å². The van der Waals surface area contributed by atoms with Gasteiger partial charge in [-0.2, -0.15) is 4.98 Å². The molecule has 31 heavy (non-hydrogen) atoms. The fraction of sp³-hybridized carbons (Fsp3) is 0.273. The Morgan fingerprint density at radius 3 is 2.55 bits per heavy atom. The number of carbonyl (C=O) groups excluding carboxylic acids is 2. The fourth-order valence-corrected chi connectivity index (χ4v) is 2.85. The number of hydrogen-bond acceptors (Lipinski definition) is 6. The Kier molecular flexibility index (Phi) is 7.61. The predicted octanol–water partition coefficient (Wildman–Crippen LogP) is 3.70. The van der Waals surface area contributed by atoms with E-state index in [1.165, 1.54) is 0 Å². The topological polar surface area (TPSA) is 106 Å². The van der Waals surface area contributed by atoms with Crippen LogP contribution in [0.1, 0.15) is 46.0 Å². The highest BCUT2D eigenvalue weighted by Gasteiger charge is 2.09. The predicted molar refractivity (Wildman–Crippen MR) is 115 cm³/mol. The first kappa shape index (κ1) is 22.3. The maximum atomic E-state index is 12.2. The summed E-state index contributed by atoms with van der Waals surface area (Å²) in [7, 11) is 0. The molecule has 9 heteroatoms. The van der Waals surface area contributed by atoms with Gasteiger partial charge in [0.25, 0.3) is 5.91 Å². The zero-order chi connectivity index (χ0) is 22.2. The molecule has 0 saturated carbocycles. The first-order valence-electron chi connectivity index (χ1n) is 9.77. The van der Waals surface area contributed by atoms with E-state index in [2.05, 4.69) is 21.0 Å². The van der Waals surface area contributed by atoms with E-state index in [-0.39, 0.29) is 12.3 Å². The van der Waals surface area contributed by atoms with Crippen molar-refractivity contribution in [3.63, 3.8) is 0 Å². The summed E-state index contributed by atoms with van der Waals surface area (Å²) in [4.78, 5) is 28.2. The molecule has 1 aromatic heterocycles. The number of amides is 2. The van der Waals surface area contributed by atoms with Gasteiger partial charge in [0.1, 0.15) is 12.4 Å². The summed E-state index contributed by atoms with van der Waals surface area (Å²) in [6, 6.07) is 12.4. The van der Waals surface area contributed by atoms with Crippen molar-refractivity contribution in [2.24, 2.45) is 0 Å². The van der Waals surface area contributed by atoms with Crippen molar-refractivity contribution >= 4 is 23.4 Å². The summed E-state index contributed by atoms with van der Waals surface area (Å²) in [6.45, 7) is 4.00. The third kappa shape index (κ3) is 6.82. The minimum absolute atomic E-state index is 0.224. The molecule has 0 atom stereocenters. The Labute approximate surface area is 184 Å². The molecule has 2 amide bonds. The van der Waals surface area contributed by atoms with Gasteiger partial charge in [0.15, 0.2) is 5.82 Å². The van der Waals surface area contributed by atoms with Crippen molar-refractivity contribution in [2.45, 2.75) is 39.7 Å². The molecule has 0 fully saturated rings. The molecule has 2 N–H and O–H groups in total. The third-order valence-corrected chi connectivity index (χ3v) is 4.85. The second kappa shape index (κ2) is 10.6. The summed E-state index contributed by atoms with van der Waals surface area (Å²) >= 11 is 6.01. The molecule has 8 nitrogen and oxygen atoms in total. The standard InChI is InChI=1S/C22H23ClN4O4/c1-14-12-18(10-11-19(14)23)30-13-16-6-8-17(9-7-16)22(29)26-25-20(28)4-3-5-21-24-15(2)27-31-21/h6-12H,3-5,13H2,1-2H3,(H,25,28)(H,26,29). The van der Waals surface area contributed by atoms with Crippen LogP contribution in [0, 0.1) is 13.8 Å². The number of rotatable bonds is 8. The molecule has 0 aliphatic rings. The van der Waals surface area contributed by atoms with Crippen molar-refractivity contribution in [3.05, 3.63) is 75.9 Å². The van der Waals surface area contributed by atoms with E-state index in [0.29, 0.717) is 41.7 Å². The lowest BCUT2D eigenvalue weighted by Crippen LogP contribution is -2.41. The van der Waals surface area contributed by atoms with Crippen LogP contribution in [0.3, 0.4) is 0 Å². The fourth-order valence-electron chi connectivity index (χ4n) is 2.73. The van der Waals surface area contributed by atoms with Crippen LogP contribution in [0.25, 0.3) is 0 Å². The Hall–Kier alpha value is -3.39. The Bertz CT molecular complexity index is 1050. The largest absolute Gasteiger partial charge is 0.489 e. The molecule has 3 aromatic rings. The second-order valence-electron chi connectivity index (χ2n) is 6.99. The van der Waals surface area contributed by atoms with Crippen LogP contribution in [-0.2, 0) is 17.8 Å². The van der Waals surface area contributed by atoms with Gasteiger partial charge in [0.2, 0.25) is 11.8 Å². The van der Waals surface area contributed by atoms with Gasteiger partial charge in [0.05, 0.1) is 0 Å². The van der Waals surface area contributed by atoms with E-state index in [1.807, 2.05) is 19.1 Å². The second-order valence-corrected chi connectivity index (χ2v) is 7.39. The molecule has 0 aliphatic carbocycles. The highest BCUT2D eigenvalue weighted by molar-refractivity contribution is 6.31. The van der Waals surface area contributed by atoms with Crippen molar-refractivity contribution in [3.8, 4) is 5.75 Å². The zero-order valence-electron chi connectivity index (χ0n) is 17.3. The van der Waals surface area contributed by atoms with Crippen molar-refractivity contribution in [2.75, 3.05) is 0 Å². The normalized spacial score (nSPS) is 10.5. The average molecular weight is 443 g/mol. The van der Waals surface area contributed by atoms with Crippen LogP contribution in [0.2, 0.25) is 5.02 Å². The summed E-state index contributed by atoms with van der Waals surface area (Å²) in [5, 5.41) is 4.38. The van der Waals surface area contributed by atoms with E-state index in [1.54, 1.807) is 37.3 Å². The van der Waals surface area contributed by atoms with Gasteiger partial charge in [-0.1, -0.05) is 28.9 Å². The molecule has 3 rings (SSSR count). The molecule has 0 saturated heterocycles. The molecule has 0 bridgehead atoms. The van der Waals surface area contributed by atoms with Crippen LogP contribution in [-0.4, -0.2) is 22.0 Å². The summed E-state index contributed by atoms with van der Waals surface area (Å²) < 4.78 is 10.7. The lowest BCUT2D eigenvalue weighted by Gasteiger charge is -2.09. The van der Waals surface area contributed by atoms with E-state index in [4.69, 9.17) is 20.9 Å². The molecule has 0 aliphatic heterocycles. The van der Waals surface area contributed by atoms with Crippen molar-refractivity contribution < 1.29 is 18.8 Å². The summed E-state index contributed by atoms with van der Waals surface area (Å²) in [5.74, 6) is 1.07. The number of benzene rings is 2. The van der Waals surface area contributed by atoms with Crippen LogP contribution in [0.5, 0.6) is 5.75 Å². The average Bonchev–Trinajstić information content (AvgIpc) is 3.18. The summed E-state index contributed by atoms with van der Waals surface area (Å²) in [6.07, 6.45) is 1.26. The molecule has 0 spiro atoms. The van der Waals surface area contributed by atoms with Gasteiger partial charge >= 0.3 is 0 Å². The molecule has 2 aromatic carbocycles. The number of nitrogens with one attached hydrogen (secondary N) is 2. The van der Waals surface area contributed by atoms with Crippen molar-refractivity contribution in [1.29, 1.82) is 0 Å². The lowest BCUT2D eigenvalue weighted by molar-refractivity contribution is -0.121. The van der Waals surface area contributed by atoms with Crippen LogP contribution < -0.4 is 15.6 Å². The Morgan fingerprint density at radius 2 is 1.87 bits per heavy atom. The van der Waals surface area contributed by atoms with Gasteiger partial charge in [-0.3, -0.25) is 20.4 Å². The number of carbonyl (C=O) groups is 2. The highest BCUT2D eigenvalue weighted by atomic mass is 35.5. The van der Waals surface area contributed by atoms with E-state index < -0.39 is 5.91 Å². The lowest BCUT2D eigenvalue weighted by atomic mass is 10.1. The minimum atomic E-state index is -0.401. The number of hydrazine groups is 1. The summed E-state index contributed by atoms with van der Waals surface area (Å²) in [5.41, 5.74) is 7.08. The van der Waals surface area contributed by atoms with Gasteiger partial charge in [0, 0.05) is 23.4 Å². The number of halogens is 1. The number of ether oxygens (including phenoxy) is 1. The van der Waals surface area contributed by atoms with Crippen LogP contribution >= 0.6 is 11.6 Å². The SMILES string of the molecule is Cc1noc(CCCC(=O)NNC(=O)c2ccc(COc3ccc(Cl)c(C)c3)cc2)n1. The van der Waals surface area contributed by atoms with E-state index in [9.17, 15) is 9.59 Å². The Morgan fingerprint density at radius 1 is 1.10 bits per heavy atom. The first-order chi connectivity index (χ1) is 14.9. The maximum Gasteiger partial charge on any atom is 0.269 e. The van der Waals surface area contributed by atoms with Crippen LogP contribution in [0.15, 0.2) is 47.0 Å². The monoisotopic (exact) mass is 442 g/mol. The minimum Gasteiger partial charge on any atom is -0.489 e. The molecule has 162 valence electrons. The molecule has 0 radical (unpaired) electrons. The van der Waals surface area contributed by atoms with E-state index in [0.717, 1.165) is 16.9 Å². The third-order valence-electron chi connectivity index (χ3n) is 4.43. The quantitative estimate of drug-likeness (QED) is 0.515.